The van der Waals surface area contributed by atoms with Gasteiger partial charge in [-0.1, -0.05) is 11.6 Å². The zero-order valence-corrected chi connectivity index (χ0v) is 13.0. The maximum Gasteiger partial charge on any atom is 0.405 e. The van der Waals surface area contributed by atoms with E-state index in [1.807, 2.05) is 0 Å². The molecular weight excluding hydrogens is 353 g/mol. The van der Waals surface area contributed by atoms with Gasteiger partial charge >= 0.3 is 6.18 Å². The van der Waals surface area contributed by atoms with Gasteiger partial charge in [0.2, 0.25) is 5.91 Å². The fourth-order valence-electron chi connectivity index (χ4n) is 1.55. The summed E-state index contributed by atoms with van der Waals surface area (Å²) in [5.41, 5.74) is 1.21. The van der Waals surface area contributed by atoms with Gasteiger partial charge in [-0.15, -0.1) is 0 Å². The van der Waals surface area contributed by atoms with Crippen molar-refractivity contribution >= 4 is 27.7 Å². The van der Waals surface area contributed by atoms with E-state index >= 15 is 0 Å². The highest BCUT2D eigenvalue weighted by Gasteiger charge is 2.28. The highest BCUT2D eigenvalue weighted by atomic mass is 79.9. The van der Waals surface area contributed by atoms with Crippen LogP contribution in [0.15, 0.2) is 22.7 Å². The first kappa shape index (κ1) is 17.5. The average molecular weight is 367 g/mol. The molecule has 21 heavy (non-hydrogen) atoms. The molecule has 0 bridgehead atoms. The van der Waals surface area contributed by atoms with Crippen LogP contribution in [-0.2, 0) is 4.79 Å². The Kier molecular flexibility index (Phi) is 5.77. The molecule has 0 aliphatic rings. The molecule has 116 valence electrons. The van der Waals surface area contributed by atoms with Gasteiger partial charge in [0.15, 0.2) is 0 Å². The van der Waals surface area contributed by atoms with Crippen molar-refractivity contribution in [3.63, 3.8) is 0 Å². The third-order valence-corrected chi connectivity index (χ3v) is 3.26. The number of benzene rings is 1. The summed E-state index contributed by atoms with van der Waals surface area (Å²) in [4.78, 5) is 24.6. The molecule has 1 N–H and O–H groups in total. The van der Waals surface area contributed by atoms with Crippen LogP contribution in [0.2, 0.25) is 0 Å². The smallest absolute Gasteiger partial charge is 0.345 e. The Morgan fingerprint density at radius 2 is 1.95 bits per heavy atom. The Labute approximate surface area is 128 Å². The number of alkyl halides is 3. The first-order chi connectivity index (χ1) is 9.60. The van der Waals surface area contributed by atoms with Crippen LogP contribution < -0.4 is 5.32 Å². The number of halogens is 4. The SMILES string of the molecule is Cc1ccc(Br)c(C(=O)N(C)CC(=O)NCC(F)(F)F)c1. The van der Waals surface area contributed by atoms with Crippen molar-refractivity contribution in [2.45, 2.75) is 13.1 Å². The number of aryl methyl sites for hydroxylation is 1. The lowest BCUT2D eigenvalue weighted by Gasteiger charge is -2.18. The van der Waals surface area contributed by atoms with Gasteiger partial charge in [-0.25, -0.2) is 0 Å². The third kappa shape index (κ3) is 5.74. The Bertz CT molecular complexity index is 547. The number of carbonyl (C=O) groups excluding carboxylic acids is 2. The van der Waals surface area contributed by atoms with Gasteiger partial charge < -0.3 is 10.2 Å². The highest BCUT2D eigenvalue weighted by molar-refractivity contribution is 9.10. The van der Waals surface area contributed by atoms with Crippen molar-refractivity contribution in [2.75, 3.05) is 20.1 Å². The number of amides is 2. The van der Waals surface area contributed by atoms with Crippen molar-refractivity contribution in [1.29, 1.82) is 0 Å². The first-order valence-electron chi connectivity index (χ1n) is 5.95. The molecule has 0 unspecified atom stereocenters. The lowest BCUT2D eigenvalue weighted by atomic mass is 10.1. The van der Waals surface area contributed by atoms with Crippen LogP contribution in [0.4, 0.5) is 13.2 Å². The summed E-state index contributed by atoms with van der Waals surface area (Å²) >= 11 is 3.23. The lowest BCUT2D eigenvalue weighted by Crippen LogP contribution is -2.41. The van der Waals surface area contributed by atoms with E-state index in [9.17, 15) is 22.8 Å². The predicted octanol–water partition coefficient (Wildman–Crippen LogP) is 2.51. The van der Waals surface area contributed by atoms with Gasteiger partial charge in [0.1, 0.15) is 6.54 Å². The number of nitrogens with zero attached hydrogens (tertiary/aromatic N) is 1. The van der Waals surface area contributed by atoms with E-state index in [1.165, 1.54) is 7.05 Å². The summed E-state index contributed by atoms with van der Waals surface area (Å²) in [5.74, 6) is -1.32. The van der Waals surface area contributed by atoms with Gasteiger partial charge in [-0.3, -0.25) is 9.59 Å². The minimum Gasteiger partial charge on any atom is -0.345 e. The molecule has 0 aliphatic carbocycles. The second-order valence-electron chi connectivity index (χ2n) is 4.54. The molecule has 0 saturated heterocycles. The Balaban J connectivity index is 2.66. The molecule has 0 fully saturated rings. The first-order valence-corrected chi connectivity index (χ1v) is 6.74. The molecule has 1 aromatic carbocycles. The summed E-state index contributed by atoms with van der Waals surface area (Å²) in [6.45, 7) is -0.0590. The van der Waals surface area contributed by atoms with E-state index < -0.39 is 31.1 Å². The molecule has 8 heteroatoms. The van der Waals surface area contributed by atoms with Crippen LogP contribution in [0, 0.1) is 6.92 Å². The summed E-state index contributed by atoms with van der Waals surface area (Å²) < 4.78 is 36.5. The van der Waals surface area contributed by atoms with Gasteiger partial charge in [-0.05, 0) is 35.0 Å². The molecule has 0 atom stereocenters. The maximum atomic E-state index is 12.1. The summed E-state index contributed by atoms with van der Waals surface area (Å²) in [6, 6.07) is 5.13. The number of hydrogen-bond acceptors (Lipinski definition) is 2. The molecule has 1 aromatic rings. The van der Waals surface area contributed by atoms with Crippen molar-refractivity contribution < 1.29 is 22.8 Å². The summed E-state index contributed by atoms with van der Waals surface area (Å²) in [5, 5.41) is 1.72. The molecule has 1 rings (SSSR count). The fraction of sp³-hybridized carbons (Fsp3) is 0.385. The van der Waals surface area contributed by atoms with Crippen molar-refractivity contribution in [3.8, 4) is 0 Å². The Morgan fingerprint density at radius 1 is 1.33 bits per heavy atom. The van der Waals surface area contributed by atoms with Crippen LogP contribution in [-0.4, -0.2) is 43.0 Å². The van der Waals surface area contributed by atoms with E-state index in [4.69, 9.17) is 0 Å². The standard InChI is InChI=1S/C13H14BrF3N2O2/c1-8-3-4-10(14)9(5-8)12(21)19(2)6-11(20)18-7-13(15,16)17/h3-5H,6-7H2,1-2H3,(H,18,20). The number of likely N-dealkylation sites (N-methyl/N-ethyl adjacent to an activating group) is 1. The topological polar surface area (TPSA) is 49.4 Å². The molecule has 0 aliphatic heterocycles. The molecule has 0 spiro atoms. The van der Waals surface area contributed by atoms with Crippen LogP contribution in [0.25, 0.3) is 0 Å². The maximum absolute atomic E-state index is 12.1. The molecule has 0 saturated carbocycles. The predicted molar refractivity (Wildman–Crippen MR) is 74.9 cm³/mol. The molecule has 4 nitrogen and oxygen atoms in total. The van der Waals surface area contributed by atoms with E-state index in [1.54, 1.807) is 30.4 Å². The van der Waals surface area contributed by atoms with Crippen LogP contribution in [0.3, 0.4) is 0 Å². The van der Waals surface area contributed by atoms with Crippen molar-refractivity contribution in [3.05, 3.63) is 33.8 Å². The zero-order valence-electron chi connectivity index (χ0n) is 11.4. The number of nitrogens with one attached hydrogen (secondary N) is 1. The van der Waals surface area contributed by atoms with Gasteiger partial charge in [0.25, 0.3) is 5.91 Å². The van der Waals surface area contributed by atoms with Crippen LogP contribution in [0.1, 0.15) is 15.9 Å². The quantitative estimate of drug-likeness (QED) is 0.889. The normalized spacial score (nSPS) is 11.1. The minimum atomic E-state index is -4.47. The van der Waals surface area contributed by atoms with E-state index in [2.05, 4.69) is 15.9 Å². The highest BCUT2D eigenvalue weighted by Crippen LogP contribution is 2.19. The zero-order chi connectivity index (χ0) is 16.2. The molecular formula is C13H14BrF3N2O2. The van der Waals surface area contributed by atoms with Gasteiger partial charge in [0.05, 0.1) is 12.1 Å². The number of carbonyl (C=O) groups is 2. The summed E-state index contributed by atoms with van der Waals surface area (Å²) in [7, 11) is 1.35. The van der Waals surface area contributed by atoms with Crippen LogP contribution >= 0.6 is 15.9 Å². The Morgan fingerprint density at radius 3 is 2.52 bits per heavy atom. The van der Waals surface area contributed by atoms with Gasteiger partial charge in [0, 0.05) is 11.5 Å². The molecule has 0 heterocycles. The summed E-state index contributed by atoms with van der Waals surface area (Å²) in [6.07, 6.45) is -4.47. The largest absolute Gasteiger partial charge is 0.405 e. The van der Waals surface area contributed by atoms with E-state index in [-0.39, 0.29) is 0 Å². The van der Waals surface area contributed by atoms with Crippen LogP contribution in [0.5, 0.6) is 0 Å². The molecule has 2 amide bonds. The minimum absolute atomic E-state index is 0.348. The van der Waals surface area contributed by atoms with Crippen molar-refractivity contribution in [2.24, 2.45) is 0 Å². The second-order valence-corrected chi connectivity index (χ2v) is 5.39. The van der Waals surface area contributed by atoms with Gasteiger partial charge in [-0.2, -0.15) is 13.2 Å². The van der Waals surface area contributed by atoms with E-state index in [0.717, 1.165) is 10.5 Å². The van der Waals surface area contributed by atoms with E-state index in [0.29, 0.717) is 10.0 Å². The molecule has 0 aromatic heterocycles. The third-order valence-electron chi connectivity index (χ3n) is 2.57. The number of rotatable bonds is 4. The lowest BCUT2D eigenvalue weighted by molar-refractivity contribution is -0.138. The monoisotopic (exact) mass is 366 g/mol. The van der Waals surface area contributed by atoms with Crippen molar-refractivity contribution in [1.82, 2.24) is 10.2 Å². The Hall–Kier alpha value is -1.57. The fourth-order valence-corrected chi connectivity index (χ4v) is 1.97. The average Bonchev–Trinajstić information content (AvgIpc) is 2.37. The number of hydrogen-bond donors (Lipinski definition) is 1. The molecule has 0 radical (unpaired) electrons. The second kappa shape index (κ2) is 6.93.